The van der Waals surface area contributed by atoms with E-state index < -0.39 is 0 Å². The van der Waals surface area contributed by atoms with Crippen LogP contribution in [-0.4, -0.2) is 23.3 Å². The van der Waals surface area contributed by atoms with E-state index in [2.05, 4.69) is 15.2 Å². The van der Waals surface area contributed by atoms with E-state index in [0.29, 0.717) is 47.0 Å². The molecule has 1 aliphatic rings. The lowest BCUT2D eigenvalue weighted by Gasteiger charge is -2.18. The van der Waals surface area contributed by atoms with Crippen molar-refractivity contribution in [2.45, 2.75) is 0 Å². The molecule has 116 valence electrons. The third-order valence-electron chi connectivity index (χ3n) is 3.51. The van der Waals surface area contributed by atoms with Crippen molar-refractivity contribution in [1.29, 1.82) is 0 Å². The van der Waals surface area contributed by atoms with Crippen molar-refractivity contribution >= 4 is 22.3 Å². The molecule has 1 aliphatic heterocycles. The number of ether oxygens (including phenoxy) is 2. The third kappa shape index (κ3) is 2.46. The van der Waals surface area contributed by atoms with Crippen LogP contribution in [0.3, 0.4) is 0 Å². The van der Waals surface area contributed by atoms with Crippen LogP contribution in [0, 0.1) is 5.82 Å². The van der Waals surface area contributed by atoms with Crippen molar-refractivity contribution in [3.8, 4) is 17.4 Å². The number of rotatable bonds is 2. The molecule has 6 nitrogen and oxygen atoms in total. The van der Waals surface area contributed by atoms with Crippen LogP contribution in [0.1, 0.15) is 0 Å². The molecule has 7 heteroatoms. The number of H-pyrrole nitrogens is 1. The molecule has 0 saturated carbocycles. The van der Waals surface area contributed by atoms with Crippen molar-refractivity contribution in [2.75, 3.05) is 13.2 Å². The molecule has 0 aliphatic carbocycles. The van der Waals surface area contributed by atoms with Gasteiger partial charge in [0, 0.05) is 11.5 Å². The van der Waals surface area contributed by atoms with Gasteiger partial charge < -0.3 is 19.6 Å². The molecule has 2 aromatic carbocycles. The van der Waals surface area contributed by atoms with E-state index in [-0.39, 0.29) is 11.7 Å². The minimum Gasteiger partial charge on any atom is -0.493 e. The molecule has 23 heavy (non-hydrogen) atoms. The number of benzene rings is 2. The smallest absolute Gasteiger partial charge is 0.218 e. The van der Waals surface area contributed by atoms with Gasteiger partial charge in [0.15, 0.2) is 17.2 Å². The van der Waals surface area contributed by atoms with Crippen molar-refractivity contribution in [1.82, 2.24) is 4.98 Å². The minimum absolute atomic E-state index is 0.104. The summed E-state index contributed by atoms with van der Waals surface area (Å²) >= 11 is 0. The van der Waals surface area contributed by atoms with E-state index in [1.54, 1.807) is 12.1 Å². The molecule has 1 aromatic heterocycles. The van der Waals surface area contributed by atoms with E-state index in [1.807, 2.05) is 0 Å². The Bertz CT molecular complexity index is 903. The maximum absolute atomic E-state index is 12.9. The Labute approximate surface area is 130 Å². The number of aromatic hydroxyl groups is 1. The van der Waals surface area contributed by atoms with Crippen LogP contribution in [0.25, 0.3) is 10.9 Å². The predicted octanol–water partition coefficient (Wildman–Crippen LogP) is 4.20. The summed E-state index contributed by atoms with van der Waals surface area (Å²) in [5.41, 5.74) is 1.44. The first kappa shape index (κ1) is 13.6. The minimum atomic E-state index is -0.345. The molecule has 0 bridgehead atoms. The Kier molecular flexibility index (Phi) is 3.11. The van der Waals surface area contributed by atoms with Crippen molar-refractivity contribution < 1.29 is 19.0 Å². The number of aromatic nitrogens is 1. The van der Waals surface area contributed by atoms with E-state index in [1.165, 1.54) is 24.3 Å². The first-order chi connectivity index (χ1) is 11.2. The standard InChI is InChI=1S/C16H12FN3O3/c17-9-1-3-10(4-2-9)19-20-15-11-7-13-14(23-6-5-22-13)8-12(11)18-16(15)21/h1-4,7-8,18,21H,5-6H2. The Balaban J connectivity index is 1.77. The maximum atomic E-state index is 12.9. The van der Waals surface area contributed by atoms with E-state index in [4.69, 9.17) is 9.47 Å². The van der Waals surface area contributed by atoms with Crippen LogP contribution in [0.5, 0.6) is 17.4 Å². The molecule has 0 fully saturated rings. The zero-order valence-corrected chi connectivity index (χ0v) is 11.9. The molecule has 0 atom stereocenters. The summed E-state index contributed by atoms with van der Waals surface area (Å²) in [5.74, 6) is 0.767. The SMILES string of the molecule is Oc1[nH]c2cc3c(cc2c1N=Nc1ccc(F)cc1)OCCO3. The number of halogens is 1. The van der Waals surface area contributed by atoms with Crippen LogP contribution < -0.4 is 9.47 Å². The lowest BCUT2D eigenvalue weighted by Crippen LogP contribution is -2.15. The highest BCUT2D eigenvalue weighted by molar-refractivity contribution is 5.96. The molecular formula is C16H12FN3O3. The molecule has 3 aromatic rings. The quantitative estimate of drug-likeness (QED) is 0.696. The average Bonchev–Trinajstić information content (AvgIpc) is 2.86. The second-order valence-electron chi connectivity index (χ2n) is 5.04. The molecule has 2 N–H and O–H groups in total. The van der Waals surface area contributed by atoms with Crippen molar-refractivity contribution in [3.63, 3.8) is 0 Å². The van der Waals surface area contributed by atoms with Gasteiger partial charge in [-0.25, -0.2) is 4.39 Å². The Hall–Kier alpha value is -3.09. The molecule has 0 radical (unpaired) electrons. The zero-order chi connectivity index (χ0) is 15.8. The molecule has 0 spiro atoms. The molecule has 0 amide bonds. The van der Waals surface area contributed by atoms with Crippen LogP contribution in [0.15, 0.2) is 46.6 Å². The van der Waals surface area contributed by atoms with Gasteiger partial charge in [-0.1, -0.05) is 0 Å². The van der Waals surface area contributed by atoms with Gasteiger partial charge in [0.2, 0.25) is 5.88 Å². The average molecular weight is 313 g/mol. The van der Waals surface area contributed by atoms with Gasteiger partial charge in [-0.05, 0) is 30.3 Å². The Morgan fingerprint density at radius 3 is 2.43 bits per heavy atom. The van der Waals surface area contributed by atoms with Crippen LogP contribution in [0.2, 0.25) is 0 Å². The fraction of sp³-hybridized carbons (Fsp3) is 0.125. The number of nitrogens with zero attached hydrogens (tertiary/aromatic N) is 2. The fourth-order valence-corrected chi connectivity index (χ4v) is 2.42. The summed E-state index contributed by atoms with van der Waals surface area (Å²) in [6.07, 6.45) is 0. The van der Waals surface area contributed by atoms with E-state index in [9.17, 15) is 9.50 Å². The van der Waals surface area contributed by atoms with Crippen molar-refractivity contribution in [3.05, 3.63) is 42.2 Å². The van der Waals surface area contributed by atoms with Gasteiger partial charge in [-0.15, -0.1) is 5.11 Å². The van der Waals surface area contributed by atoms with Gasteiger partial charge >= 0.3 is 0 Å². The monoisotopic (exact) mass is 313 g/mol. The second-order valence-corrected chi connectivity index (χ2v) is 5.04. The topological polar surface area (TPSA) is 79.2 Å². The molecule has 2 heterocycles. The highest BCUT2D eigenvalue weighted by atomic mass is 19.1. The number of fused-ring (bicyclic) bond motifs is 2. The van der Waals surface area contributed by atoms with E-state index in [0.717, 1.165) is 0 Å². The number of nitrogens with one attached hydrogen (secondary N) is 1. The maximum Gasteiger partial charge on any atom is 0.218 e. The Morgan fingerprint density at radius 1 is 1.00 bits per heavy atom. The summed E-state index contributed by atoms with van der Waals surface area (Å²) in [6.45, 7) is 0.962. The summed E-state index contributed by atoms with van der Waals surface area (Å²) in [5, 5.41) is 18.8. The third-order valence-corrected chi connectivity index (χ3v) is 3.51. The van der Waals surface area contributed by atoms with E-state index >= 15 is 0 Å². The highest BCUT2D eigenvalue weighted by Gasteiger charge is 2.18. The van der Waals surface area contributed by atoms with Crippen LogP contribution in [-0.2, 0) is 0 Å². The van der Waals surface area contributed by atoms with Gasteiger partial charge in [0.05, 0.1) is 11.2 Å². The van der Waals surface area contributed by atoms with Gasteiger partial charge in [0.25, 0.3) is 0 Å². The number of hydrogen-bond acceptors (Lipinski definition) is 5. The molecule has 4 rings (SSSR count). The summed E-state index contributed by atoms with van der Waals surface area (Å²) in [7, 11) is 0. The normalized spacial score (nSPS) is 13.8. The summed E-state index contributed by atoms with van der Waals surface area (Å²) in [4.78, 5) is 2.83. The predicted molar refractivity (Wildman–Crippen MR) is 81.5 cm³/mol. The van der Waals surface area contributed by atoms with Crippen LogP contribution in [0.4, 0.5) is 15.8 Å². The largest absolute Gasteiger partial charge is 0.493 e. The van der Waals surface area contributed by atoms with Gasteiger partial charge in [0.1, 0.15) is 19.0 Å². The molecule has 0 saturated heterocycles. The highest BCUT2D eigenvalue weighted by Crippen LogP contribution is 2.42. The van der Waals surface area contributed by atoms with Crippen LogP contribution >= 0.6 is 0 Å². The lowest BCUT2D eigenvalue weighted by molar-refractivity contribution is 0.172. The first-order valence-electron chi connectivity index (χ1n) is 7.02. The number of aromatic amines is 1. The summed E-state index contributed by atoms with van der Waals surface area (Å²) < 4.78 is 23.9. The van der Waals surface area contributed by atoms with Gasteiger partial charge in [-0.3, -0.25) is 0 Å². The Morgan fingerprint density at radius 2 is 1.70 bits per heavy atom. The lowest BCUT2D eigenvalue weighted by atomic mass is 10.2. The summed E-state index contributed by atoms with van der Waals surface area (Å²) in [6, 6.07) is 9.10. The van der Waals surface area contributed by atoms with Crippen molar-refractivity contribution in [2.24, 2.45) is 10.2 Å². The molecule has 0 unspecified atom stereocenters. The number of azo groups is 1. The first-order valence-corrected chi connectivity index (χ1v) is 7.02. The molecular weight excluding hydrogens is 301 g/mol. The second kappa shape index (κ2) is 5.28. The fourth-order valence-electron chi connectivity index (χ4n) is 2.42. The number of hydrogen-bond donors (Lipinski definition) is 2. The zero-order valence-electron chi connectivity index (χ0n) is 11.9. The van der Waals surface area contributed by atoms with Gasteiger partial charge in [-0.2, -0.15) is 5.11 Å².